The molecule has 2 aromatic carbocycles. The smallest absolute Gasteiger partial charge is 0.140 e. The zero-order chi connectivity index (χ0) is 12.8. The largest absolute Gasteiger partial charge is 0.409 e. The van der Waals surface area contributed by atoms with Gasteiger partial charge in [-0.25, -0.2) is 0 Å². The van der Waals surface area contributed by atoms with Gasteiger partial charge < -0.3 is 10.9 Å². The third kappa shape index (κ3) is 2.88. The number of oxime groups is 1. The van der Waals surface area contributed by atoms with E-state index < -0.39 is 0 Å². The third-order valence-electron chi connectivity index (χ3n) is 2.95. The Morgan fingerprint density at radius 2 is 1.39 bits per heavy atom. The molecule has 0 bridgehead atoms. The minimum atomic E-state index is 0.114. The molecule has 2 rings (SSSR count). The number of hydrogen-bond acceptors (Lipinski definition) is 2. The molecule has 0 aliphatic carbocycles. The van der Waals surface area contributed by atoms with E-state index in [0.717, 1.165) is 11.1 Å². The molecule has 3 N–H and O–H groups in total. The van der Waals surface area contributed by atoms with Crippen molar-refractivity contribution in [3.63, 3.8) is 0 Å². The fourth-order valence-electron chi connectivity index (χ4n) is 2.05. The van der Waals surface area contributed by atoms with Crippen LogP contribution in [-0.2, 0) is 0 Å². The summed E-state index contributed by atoms with van der Waals surface area (Å²) in [5, 5.41) is 11.8. The fraction of sp³-hybridized carbons (Fsp3) is 0.133. The van der Waals surface area contributed by atoms with Crippen molar-refractivity contribution in [2.24, 2.45) is 10.9 Å². The third-order valence-corrected chi connectivity index (χ3v) is 2.95. The van der Waals surface area contributed by atoms with Gasteiger partial charge in [0.2, 0.25) is 0 Å². The Bertz CT molecular complexity index is 469. The summed E-state index contributed by atoms with van der Waals surface area (Å²) in [7, 11) is 0. The van der Waals surface area contributed by atoms with Crippen LogP contribution in [-0.4, -0.2) is 11.0 Å². The highest BCUT2D eigenvalue weighted by Crippen LogP contribution is 2.27. The molecule has 2 aromatic rings. The zero-order valence-electron chi connectivity index (χ0n) is 10.0. The summed E-state index contributed by atoms with van der Waals surface area (Å²) in [6.07, 6.45) is 0.504. The first kappa shape index (κ1) is 12.2. The number of nitrogens with two attached hydrogens (primary N) is 1. The van der Waals surface area contributed by atoms with Crippen molar-refractivity contribution < 1.29 is 5.21 Å². The lowest BCUT2D eigenvalue weighted by molar-refractivity contribution is 0.316. The molecule has 0 fully saturated rings. The van der Waals surface area contributed by atoms with Crippen LogP contribution in [0.2, 0.25) is 0 Å². The molecule has 0 unspecified atom stereocenters. The molecular weight excluding hydrogens is 224 g/mol. The summed E-state index contributed by atoms with van der Waals surface area (Å²) in [5.74, 6) is 0.357. The van der Waals surface area contributed by atoms with Crippen LogP contribution in [0.5, 0.6) is 0 Å². The van der Waals surface area contributed by atoms with Gasteiger partial charge in [0.1, 0.15) is 5.84 Å². The molecule has 0 heterocycles. The fourth-order valence-corrected chi connectivity index (χ4v) is 2.05. The number of hydrogen-bond donors (Lipinski definition) is 2. The first-order valence-corrected chi connectivity index (χ1v) is 5.87. The van der Waals surface area contributed by atoms with Crippen molar-refractivity contribution in [2.75, 3.05) is 0 Å². The van der Waals surface area contributed by atoms with E-state index in [9.17, 15) is 0 Å². The normalized spacial score (nSPS) is 11.7. The Labute approximate surface area is 107 Å². The van der Waals surface area contributed by atoms with Gasteiger partial charge in [0.05, 0.1) is 0 Å². The van der Waals surface area contributed by atoms with E-state index in [1.165, 1.54) is 0 Å². The predicted octanol–water partition coefficient (Wildman–Crippen LogP) is 2.96. The van der Waals surface area contributed by atoms with Crippen LogP contribution in [0, 0.1) is 0 Å². The molecule has 3 heteroatoms. The second-order valence-electron chi connectivity index (χ2n) is 4.17. The number of nitrogens with zero attached hydrogens (tertiary/aromatic N) is 1. The average Bonchev–Trinajstić information content (AvgIpc) is 2.46. The van der Waals surface area contributed by atoms with Crippen molar-refractivity contribution in [3.05, 3.63) is 71.8 Å². The molecule has 0 aliphatic rings. The van der Waals surface area contributed by atoms with Crippen molar-refractivity contribution in [2.45, 2.75) is 12.3 Å². The van der Waals surface area contributed by atoms with Gasteiger partial charge in [-0.1, -0.05) is 65.8 Å². The SMILES string of the molecule is N/C(CC(c1ccccc1)c1ccccc1)=N/O. The van der Waals surface area contributed by atoms with Crippen LogP contribution in [0.4, 0.5) is 0 Å². The lowest BCUT2D eigenvalue weighted by atomic mass is 9.88. The van der Waals surface area contributed by atoms with Crippen LogP contribution in [0.15, 0.2) is 65.8 Å². The van der Waals surface area contributed by atoms with Crippen molar-refractivity contribution in [1.82, 2.24) is 0 Å². The first-order valence-electron chi connectivity index (χ1n) is 5.87. The lowest BCUT2D eigenvalue weighted by Crippen LogP contribution is -2.16. The second kappa shape index (κ2) is 5.87. The molecule has 0 spiro atoms. The van der Waals surface area contributed by atoms with Gasteiger partial charge in [-0.2, -0.15) is 0 Å². The zero-order valence-corrected chi connectivity index (χ0v) is 10.0. The van der Waals surface area contributed by atoms with E-state index in [1.54, 1.807) is 0 Å². The molecule has 3 nitrogen and oxygen atoms in total. The standard InChI is InChI=1S/C15H16N2O/c16-15(17-18)11-14(12-7-3-1-4-8-12)13-9-5-2-6-10-13/h1-10,14,18H,11H2,(H2,16,17). The van der Waals surface area contributed by atoms with E-state index in [0.29, 0.717) is 6.42 Å². The molecule has 0 atom stereocenters. The van der Waals surface area contributed by atoms with Crippen LogP contribution in [0.1, 0.15) is 23.5 Å². The predicted molar refractivity (Wildman–Crippen MR) is 72.8 cm³/mol. The topological polar surface area (TPSA) is 58.6 Å². The number of rotatable bonds is 4. The molecule has 0 aromatic heterocycles. The number of benzene rings is 2. The Kier molecular flexibility index (Phi) is 3.97. The van der Waals surface area contributed by atoms with Crippen molar-refractivity contribution >= 4 is 5.84 Å². The molecule has 92 valence electrons. The monoisotopic (exact) mass is 240 g/mol. The van der Waals surface area contributed by atoms with E-state index >= 15 is 0 Å². The maximum absolute atomic E-state index is 8.74. The maximum atomic E-state index is 8.74. The summed E-state index contributed by atoms with van der Waals surface area (Å²) >= 11 is 0. The highest BCUT2D eigenvalue weighted by Gasteiger charge is 2.15. The van der Waals surface area contributed by atoms with Gasteiger partial charge in [-0.05, 0) is 11.1 Å². The summed E-state index contributed by atoms with van der Waals surface area (Å²) in [6, 6.07) is 20.2. The lowest BCUT2D eigenvalue weighted by Gasteiger charge is -2.17. The van der Waals surface area contributed by atoms with Crippen molar-refractivity contribution in [3.8, 4) is 0 Å². The minimum Gasteiger partial charge on any atom is -0.409 e. The highest BCUT2D eigenvalue weighted by molar-refractivity contribution is 5.81. The maximum Gasteiger partial charge on any atom is 0.140 e. The second-order valence-corrected chi connectivity index (χ2v) is 4.17. The molecule has 0 saturated carbocycles. The van der Waals surface area contributed by atoms with Crippen LogP contribution in [0.25, 0.3) is 0 Å². The Morgan fingerprint density at radius 1 is 0.944 bits per heavy atom. The summed E-state index contributed by atoms with van der Waals surface area (Å²) < 4.78 is 0. The van der Waals surface area contributed by atoms with Crippen LogP contribution >= 0.6 is 0 Å². The Morgan fingerprint density at radius 3 is 1.78 bits per heavy atom. The highest BCUT2D eigenvalue weighted by atomic mass is 16.4. The Balaban J connectivity index is 2.35. The summed E-state index contributed by atoms with van der Waals surface area (Å²) in [6.45, 7) is 0. The summed E-state index contributed by atoms with van der Waals surface area (Å²) in [5.41, 5.74) is 7.97. The molecule has 0 aliphatic heterocycles. The Hall–Kier alpha value is -2.29. The van der Waals surface area contributed by atoms with E-state index in [2.05, 4.69) is 29.4 Å². The average molecular weight is 240 g/mol. The molecule has 0 radical (unpaired) electrons. The van der Waals surface area contributed by atoms with E-state index in [4.69, 9.17) is 10.9 Å². The van der Waals surface area contributed by atoms with Gasteiger partial charge in [-0.15, -0.1) is 0 Å². The van der Waals surface area contributed by atoms with Gasteiger partial charge in [0.25, 0.3) is 0 Å². The molecule has 18 heavy (non-hydrogen) atoms. The number of amidine groups is 1. The molecular formula is C15H16N2O. The minimum absolute atomic E-state index is 0.114. The van der Waals surface area contributed by atoms with Crippen molar-refractivity contribution in [1.29, 1.82) is 0 Å². The molecule has 0 amide bonds. The van der Waals surface area contributed by atoms with E-state index in [-0.39, 0.29) is 11.8 Å². The quantitative estimate of drug-likeness (QED) is 0.373. The van der Waals surface area contributed by atoms with Crippen LogP contribution < -0.4 is 5.73 Å². The van der Waals surface area contributed by atoms with Gasteiger partial charge >= 0.3 is 0 Å². The van der Waals surface area contributed by atoms with Crippen LogP contribution in [0.3, 0.4) is 0 Å². The van der Waals surface area contributed by atoms with Gasteiger partial charge in [0, 0.05) is 12.3 Å². The summed E-state index contributed by atoms with van der Waals surface area (Å²) in [4.78, 5) is 0. The van der Waals surface area contributed by atoms with E-state index in [1.807, 2.05) is 36.4 Å². The molecule has 0 saturated heterocycles. The first-order chi connectivity index (χ1) is 8.81. The van der Waals surface area contributed by atoms with Gasteiger partial charge in [0.15, 0.2) is 0 Å². The van der Waals surface area contributed by atoms with Gasteiger partial charge in [-0.3, -0.25) is 0 Å².